The first-order valence-corrected chi connectivity index (χ1v) is 8.35. The second-order valence-corrected chi connectivity index (χ2v) is 6.34. The zero-order valence-electron chi connectivity index (χ0n) is 13.4. The second kappa shape index (κ2) is 6.17. The number of nitrogens with zero attached hydrogens (tertiary/aromatic N) is 4. The number of halogens is 1. The molecule has 1 N–H and O–H groups in total. The molecule has 0 saturated heterocycles. The highest BCUT2D eigenvalue weighted by molar-refractivity contribution is 6.32. The first-order valence-electron chi connectivity index (χ1n) is 7.98. The molecule has 0 aliphatic carbocycles. The average molecular weight is 340 g/mol. The molecule has 0 bridgehead atoms. The first-order chi connectivity index (χ1) is 11.7. The van der Waals surface area contributed by atoms with Gasteiger partial charge in [0.2, 0.25) is 0 Å². The minimum absolute atomic E-state index is 0.767. The molecule has 0 saturated carbocycles. The summed E-state index contributed by atoms with van der Waals surface area (Å²) in [5, 5.41) is 4.18. The van der Waals surface area contributed by atoms with Gasteiger partial charge in [-0.2, -0.15) is 0 Å². The fourth-order valence-corrected chi connectivity index (χ4v) is 3.19. The van der Waals surface area contributed by atoms with E-state index in [4.69, 9.17) is 11.6 Å². The van der Waals surface area contributed by atoms with Crippen LogP contribution in [0.3, 0.4) is 0 Å². The summed E-state index contributed by atoms with van der Waals surface area (Å²) in [5.41, 5.74) is 4.08. The van der Waals surface area contributed by atoms with Crippen LogP contribution in [0, 0.1) is 6.92 Å². The van der Waals surface area contributed by atoms with Crippen molar-refractivity contribution in [1.82, 2.24) is 14.5 Å². The van der Waals surface area contributed by atoms with E-state index in [0.717, 1.165) is 53.0 Å². The lowest BCUT2D eigenvalue weighted by atomic mass is 10.1. The van der Waals surface area contributed by atoms with Gasteiger partial charge >= 0.3 is 0 Å². The molecule has 3 aromatic rings. The number of benzene rings is 1. The van der Waals surface area contributed by atoms with E-state index >= 15 is 0 Å². The van der Waals surface area contributed by atoms with Crippen LogP contribution in [0.2, 0.25) is 5.02 Å². The summed E-state index contributed by atoms with van der Waals surface area (Å²) in [7, 11) is 0. The molecule has 0 amide bonds. The van der Waals surface area contributed by atoms with Crippen LogP contribution in [0.15, 0.2) is 49.2 Å². The molecule has 1 aromatic carbocycles. The summed E-state index contributed by atoms with van der Waals surface area (Å²) >= 11 is 6.36. The van der Waals surface area contributed by atoms with E-state index in [-0.39, 0.29) is 0 Å². The molecule has 2 aromatic heterocycles. The molecule has 122 valence electrons. The zero-order chi connectivity index (χ0) is 16.5. The van der Waals surface area contributed by atoms with Gasteiger partial charge in [-0.1, -0.05) is 11.6 Å². The van der Waals surface area contributed by atoms with Gasteiger partial charge in [-0.25, -0.2) is 9.97 Å². The Hall–Kier alpha value is -2.53. The van der Waals surface area contributed by atoms with Crippen LogP contribution in [-0.4, -0.2) is 21.1 Å². The van der Waals surface area contributed by atoms with E-state index in [1.165, 1.54) is 0 Å². The molecule has 0 radical (unpaired) electrons. The molecule has 1 aliphatic rings. The fraction of sp³-hybridized carbons (Fsp3) is 0.222. The molecule has 0 unspecified atom stereocenters. The lowest BCUT2D eigenvalue weighted by Crippen LogP contribution is -2.26. The molecule has 24 heavy (non-hydrogen) atoms. The van der Waals surface area contributed by atoms with Crippen LogP contribution >= 0.6 is 11.6 Å². The van der Waals surface area contributed by atoms with Gasteiger partial charge in [0, 0.05) is 30.5 Å². The van der Waals surface area contributed by atoms with Crippen molar-refractivity contribution in [3.63, 3.8) is 0 Å². The number of hydrogen-bond donors (Lipinski definition) is 1. The molecule has 3 heterocycles. The van der Waals surface area contributed by atoms with E-state index < -0.39 is 0 Å². The van der Waals surface area contributed by atoms with Crippen LogP contribution in [0.1, 0.15) is 12.0 Å². The number of nitrogens with one attached hydrogen (secondary N) is 1. The highest BCUT2D eigenvalue weighted by Gasteiger charge is 2.24. The van der Waals surface area contributed by atoms with Crippen molar-refractivity contribution in [2.75, 3.05) is 16.8 Å². The van der Waals surface area contributed by atoms with Crippen molar-refractivity contribution in [3.05, 3.63) is 59.8 Å². The smallest absolute Gasteiger partial charge is 0.160 e. The third-order valence-electron chi connectivity index (χ3n) is 4.25. The number of anilines is 4. The van der Waals surface area contributed by atoms with Crippen molar-refractivity contribution in [2.24, 2.45) is 0 Å². The predicted octanol–water partition coefficient (Wildman–Crippen LogP) is 4.53. The molecule has 6 heteroatoms. The monoisotopic (exact) mass is 339 g/mol. The standard InChI is InChI=1S/C18H18ClN5/c1-13-9-15-17(10-14(13)19)24(8-4-7-23-5-2-3-6-23)18-16(22-15)11-20-12-21-18/h2-3,5-6,9-12,22H,4,7-8H2,1H3. The van der Waals surface area contributed by atoms with Crippen molar-refractivity contribution in [2.45, 2.75) is 19.9 Å². The highest BCUT2D eigenvalue weighted by Crippen LogP contribution is 2.43. The van der Waals surface area contributed by atoms with Crippen LogP contribution in [0.4, 0.5) is 22.9 Å². The molecule has 0 spiro atoms. The molecule has 4 rings (SSSR count). The van der Waals surface area contributed by atoms with E-state index in [9.17, 15) is 0 Å². The Morgan fingerprint density at radius 3 is 2.79 bits per heavy atom. The minimum Gasteiger partial charge on any atom is -0.354 e. The van der Waals surface area contributed by atoms with Gasteiger partial charge in [0.25, 0.3) is 0 Å². The van der Waals surface area contributed by atoms with Gasteiger partial charge in [-0.15, -0.1) is 0 Å². The van der Waals surface area contributed by atoms with Crippen molar-refractivity contribution in [1.29, 1.82) is 0 Å². The maximum atomic E-state index is 6.36. The third-order valence-corrected chi connectivity index (χ3v) is 4.66. The molecule has 0 fully saturated rings. The van der Waals surface area contributed by atoms with Crippen LogP contribution in [0.5, 0.6) is 0 Å². The quantitative estimate of drug-likeness (QED) is 0.758. The Morgan fingerprint density at radius 1 is 1.12 bits per heavy atom. The molecule has 1 aliphatic heterocycles. The van der Waals surface area contributed by atoms with Gasteiger partial charge in [0.15, 0.2) is 5.82 Å². The van der Waals surface area contributed by atoms with Crippen LogP contribution in [0.25, 0.3) is 0 Å². The van der Waals surface area contributed by atoms with Gasteiger partial charge in [-0.3, -0.25) is 0 Å². The number of fused-ring (bicyclic) bond motifs is 2. The summed E-state index contributed by atoms with van der Waals surface area (Å²) < 4.78 is 2.19. The topological polar surface area (TPSA) is 46.0 Å². The van der Waals surface area contributed by atoms with Gasteiger partial charge in [0.1, 0.15) is 12.0 Å². The molecular formula is C18H18ClN5. The number of hydrogen-bond acceptors (Lipinski definition) is 4. The van der Waals surface area contributed by atoms with E-state index in [1.54, 1.807) is 6.33 Å². The predicted molar refractivity (Wildman–Crippen MR) is 97.6 cm³/mol. The van der Waals surface area contributed by atoms with E-state index in [2.05, 4.69) is 43.2 Å². The fourth-order valence-electron chi connectivity index (χ4n) is 3.04. The Kier molecular flexibility index (Phi) is 3.86. The van der Waals surface area contributed by atoms with Crippen molar-refractivity contribution in [3.8, 4) is 0 Å². The summed E-state index contributed by atoms with van der Waals surface area (Å²) in [6.45, 7) is 3.83. The SMILES string of the molecule is Cc1cc2c(cc1Cl)N(CCCn1cccc1)c1ncncc1N2. The van der Waals surface area contributed by atoms with E-state index in [1.807, 2.05) is 31.3 Å². The van der Waals surface area contributed by atoms with Crippen LogP contribution in [-0.2, 0) is 6.54 Å². The summed E-state index contributed by atoms with van der Waals surface area (Å²) in [5.74, 6) is 0.893. The zero-order valence-corrected chi connectivity index (χ0v) is 14.2. The van der Waals surface area contributed by atoms with Crippen LogP contribution < -0.4 is 10.2 Å². The van der Waals surface area contributed by atoms with Gasteiger partial charge in [-0.05, 0) is 43.2 Å². The van der Waals surface area contributed by atoms with E-state index in [0.29, 0.717) is 0 Å². The Labute approximate surface area is 145 Å². The number of rotatable bonds is 4. The second-order valence-electron chi connectivity index (χ2n) is 5.93. The maximum Gasteiger partial charge on any atom is 0.160 e. The Balaban J connectivity index is 1.65. The summed E-state index contributed by atoms with van der Waals surface area (Å²) in [4.78, 5) is 10.8. The van der Waals surface area contributed by atoms with Crippen molar-refractivity contribution >= 4 is 34.5 Å². The third kappa shape index (κ3) is 2.71. The highest BCUT2D eigenvalue weighted by atomic mass is 35.5. The van der Waals surface area contributed by atoms with Gasteiger partial charge < -0.3 is 14.8 Å². The van der Waals surface area contributed by atoms with Crippen molar-refractivity contribution < 1.29 is 0 Å². The Bertz CT molecular complexity index is 860. The molecule has 0 atom stereocenters. The number of aromatic nitrogens is 3. The average Bonchev–Trinajstić information content (AvgIpc) is 3.09. The molecule has 5 nitrogen and oxygen atoms in total. The lowest BCUT2D eigenvalue weighted by molar-refractivity contribution is 0.646. The lowest BCUT2D eigenvalue weighted by Gasteiger charge is -2.33. The van der Waals surface area contributed by atoms with Gasteiger partial charge in [0.05, 0.1) is 17.6 Å². The first kappa shape index (κ1) is 15.0. The maximum absolute atomic E-state index is 6.36. The Morgan fingerprint density at radius 2 is 1.96 bits per heavy atom. The minimum atomic E-state index is 0.767. The number of aryl methyl sites for hydroxylation is 2. The summed E-state index contributed by atoms with van der Waals surface area (Å²) in [6.07, 6.45) is 8.57. The summed E-state index contributed by atoms with van der Waals surface area (Å²) in [6, 6.07) is 8.18. The normalized spacial score (nSPS) is 12.5. The largest absolute Gasteiger partial charge is 0.354 e. The molecular weight excluding hydrogens is 322 g/mol.